The molecule has 1 unspecified atom stereocenters. The second kappa shape index (κ2) is 8.41. The minimum atomic E-state index is -2.93. The van der Waals surface area contributed by atoms with Gasteiger partial charge in [-0.25, -0.2) is 23.0 Å². The van der Waals surface area contributed by atoms with Gasteiger partial charge in [-0.15, -0.1) is 0 Å². The van der Waals surface area contributed by atoms with Gasteiger partial charge in [0.25, 0.3) is 17.7 Å². The average molecular weight is 513 g/mol. The van der Waals surface area contributed by atoms with Crippen molar-refractivity contribution in [3.8, 4) is 0 Å². The molecule has 14 heteroatoms. The maximum absolute atomic E-state index is 13.4. The molecular formula is C21H20ClF3N6O4. The van der Waals surface area contributed by atoms with Crippen molar-refractivity contribution in [1.82, 2.24) is 24.6 Å². The number of halogens is 4. The molecule has 3 aliphatic rings. The highest BCUT2D eigenvalue weighted by molar-refractivity contribution is 6.31. The zero-order chi connectivity index (χ0) is 25.1. The Morgan fingerprint density at radius 3 is 2.69 bits per heavy atom. The summed E-state index contributed by atoms with van der Waals surface area (Å²) in [7, 11) is 1.33. The molecule has 35 heavy (non-hydrogen) atoms. The fraction of sp³-hybridized carbons (Fsp3) is 0.429. The van der Waals surface area contributed by atoms with Crippen LogP contribution in [0.1, 0.15) is 21.7 Å². The number of amides is 4. The Hall–Kier alpha value is -3.32. The number of urea groups is 1. The first-order chi connectivity index (χ1) is 16.5. The Bertz CT molecular complexity index is 1230. The molecule has 0 bridgehead atoms. The van der Waals surface area contributed by atoms with E-state index in [9.17, 15) is 27.6 Å². The zero-order valence-electron chi connectivity index (χ0n) is 18.4. The lowest BCUT2D eigenvalue weighted by Gasteiger charge is -2.40. The van der Waals surface area contributed by atoms with E-state index in [0.29, 0.717) is 29.9 Å². The van der Waals surface area contributed by atoms with Crippen LogP contribution in [0.4, 0.5) is 23.7 Å². The Morgan fingerprint density at radius 2 is 2.00 bits per heavy atom. The number of carbonyl (C=O) groups is 3. The summed E-state index contributed by atoms with van der Waals surface area (Å²) in [5.74, 6) is -4.77. The second-order valence-corrected chi connectivity index (χ2v) is 9.04. The summed E-state index contributed by atoms with van der Waals surface area (Å²) in [5, 5.41) is 7.85. The number of rotatable bonds is 2. The molecule has 1 aromatic heterocycles. The Kier molecular flexibility index (Phi) is 5.63. The van der Waals surface area contributed by atoms with E-state index >= 15 is 0 Å². The monoisotopic (exact) mass is 512 g/mol. The molecule has 4 heterocycles. The fourth-order valence-electron chi connectivity index (χ4n) is 4.32. The van der Waals surface area contributed by atoms with Gasteiger partial charge in [-0.1, -0.05) is 11.6 Å². The van der Waals surface area contributed by atoms with Crippen LogP contribution in [0.25, 0.3) is 0 Å². The van der Waals surface area contributed by atoms with Crippen LogP contribution >= 0.6 is 11.6 Å². The summed E-state index contributed by atoms with van der Waals surface area (Å²) < 4.78 is 41.2. The third kappa shape index (κ3) is 4.29. The van der Waals surface area contributed by atoms with E-state index in [1.54, 1.807) is 0 Å². The maximum Gasteiger partial charge on any atom is 0.322 e. The van der Waals surface area contributed by atoms with Gasteiger partial charge in [0.2, 0.25) is 0 Å². The second-order valence-electron chi connectivity index (χ2n) is 8.63. The Balaban J connectivity index is 1.35. The summed E-state index contributed by atoms with van der Waals surface area (Å²) in [6.45, 7) is -1.18. The molecule has 2 aromatic rings. The minimum Gasteiger partial charge on any atom is -0.328 e. The number of alkyl halides is 2. The SMILES string of the molecule is CN1OC(C(=O)N2CC(F)(F)C2)Cn2nc3c(c2C1=O)CN(C(=O)Nc1ccc(F)c(Cl)c1)CC3. The number of nitrogens with zero attached hydrogens (tertiary/aromatic N) is 5. The summed E-state index contributed by atoms with van der Waals surface area (Å²) in [4.78, 5) is 46.5. The molecule has 1 atom stereocenters. The number of anilines is 1. The van der Waals surface area contributed by atoms with E-state index < -0.39 is 48.8 Å². The van der Waals surface area contributed by atoms with Crippen LogP contribution in [0.3, 0.4) is 0 Å². The van der Waals surface area contributed by atoms with Crippen LogP contribution in [0, 0.1) is 5.82 Å². The van der Waals surface area contributed by atoms with E-state index in [2.05, 4.69) is 10.4 Å². The lowest BCUT2D eigenvalue weighted by molar-refractivity contribution is -0.197. The molecule has 0 radical (unpaired) electrons. The van der Waals surface area contributed by atoms with Crippen LogP contribution in [-0.4, -0.2) is 81.2 Å². The van der Waals surface area contributed by atoms with E-state index in [1.165, 1.54) is 28.8 Å². The lowest BCUT2D eigenvalue weighted by atomic mass is 10.0. The highest BCUT2D eigenvalue weighted by Crippen LogP contribution is 2.30. The Labute approximate surface area is 202 Å². The van der Waals surface area contributed by atoms with Crippen molar-refractivity contribution in [3.63, 3.8) is 0 Å². The summed E-state index contributed by atoms with van der Waals surface area (Å²) in [5.41, 5.74) is 1.57. The molecule has 1 N–H and O–H groups in total. The van der Waals surface area contributed by atoms with Crippen LogP contribution in [0.5, 0.6) is 0 Å². The molecule has 10 nitrogen and oxygen atoms in total. The number of fused-ring (bicyclic) bond motifs is 3. The highest BCUT2D eigenvalue weighted by Gasteiger charge is 2.49. The molecule has 1 saturated heterocycles. The summed E-state index contributed by atoms with van der Waals surface area (Å²) >= 11 is 5.77. The topological polar surface area (TPSA) is 100 Å². The van der Waals surface area contributed by atoms with Crippen molar-refractivity contribution in [2.24, 2.45) is 0 Å². The van der Waals surface area contributed by atoms with Crippen LogP contribution in [-0.2, 0) is 29.1 Å². The molecule has 1 fully saturated rings. The quantitative estimate of drug-likeness (QED) is 0.664. The van der Waals surface area contributed by atoms with Crippen molar-refractivity contribution < 1.29 is 32.4 Å². The third-order valence-corrected chi connectivity index (χ3v) is 6.39. The number of nitrogens with one attached hydrogen (secondary N) is 1. The number of aromatic nitrogens is 2. The first-order valence-electron chi connectivity index (χ1n) is 10.7. The van der Waals surface area contributed by atoms with Crippen molar-refractivity contribution in [1.29, 1.82) is 0 Å². The van der Waals surface area contributed by atoms with Gasteiger partial charge >= 0.3 is 6.03 Å². The third-order valence-electron chi connectivity index (χ3n) is 6.10. The largest absolute Gasteiger partial charge is 0.328 e. The molecule has 0 saturated carbocycles. The highest BCUT2D eigenvalue weighted by atomic mass is 35.5. The first-order valence-corrected chi connectivity index (χ1v) is 11.1. The van der Waals surface area contributed by atoms with Gasteiger partial charge in [0, 0.05) is 31.3 Å². The molecular weight excluding hydrogens is 493 g/mol. The first kappa shape index (κ1) is 23.4. The number of carbonyl (C=O) groups excluding carboxylic acids is 3. The summed E-state index contributed by atoms with van der Waals surface area (Å²) in [6, 6.07) is 3.33. The van der Waals surface area contributed by atoms with E-state index in [4.69, 9.17) is 16.4 Å². The zero-order valence-corrected chi connectivity index (χ0v) is 19.2. The van der Waals surface area contributed by atoms with E-state index in [0.717, 1.165) is 16.0 Å². The summed E-state index contributed by atoms with van der Waals surface area (Å²) in [6.07, 6.45) is -0.854. The Morgan fingerprint density at radius 1 is 1.26 bits per heavy atom. The minimum absolute atomic E-state index is 0.0575. The van der Waals surface area contributed by atoms with Crippen LogP contribution in [0.15, 0.2) is 18.2 Å². The standard InChI is InChI=1S/C21H20ClF3N6O4/c1-28-19(33)17-12-7-29(20(34)26-11-2-3-14(23)13(22)6-11)5-4-15(12)27-31(17)8-16(35-28)18(32)30-9-21(24,25)10-30/h2-3,6,16H,4-5,7-10H2,1H3,(H,26,34). The number of hydrogen-bond donors (Lipinski definition) is 1. The van der Waals surface area contributed by atoms with Gasteiger partial charge in [0.1, 0.15) is 11.5 Å². The van der Waals surface area contributed by atoms with E-state index in [-0.39, 0.29) is 23.8 Å². The lowest BCUT2D eigenvalue weighted by Crippen LogP contribution is -2.61. The molecule has 1 aromatic carbocycles. The van der Waals surface area contributed by atoms with Gasteiger partial charge in [-0.2, -0.15) is 5.10 Å². The van der Waals surface area contributed by atoms with E-state index in [1.807, 2.05) is 0 Å². The van der Waals surface area contributed by atoms with Gasteiger partial charge in [0.05, 0.1) is 36.9 Å². The van der Waals surface area contributed by atoms with Crippen molar-refractivity contribution >= 4 is 35.1 Å². The molecule has 186 valence electrons. The smallest absolute Gasteiger partial charge is 0.322 e. The molecule has 5 rings (SSSR count). The molecule has 3 aliphatic heterocycles. The van der Waals surface area contributed by atoms with Gasteiger partial charge in [0.15, 0.2) is 6.10 Å². The normalized spacial score (nSPS) is 21.1. The van der Waals surface area contributed by atoms with Gasteiger partial charge in [-0.05, 0) is 18.2 Å². The van der Waals surface area contributed by atoms with Crippen LogP contribution < -0.4 is 5.32 Å². The number of hydrogen-bond acceptors (Lipinski definition) is 5. The predicted molar refractivity (Wildman–Crippen MR) is 115 cm³/mol. The fourth-order valence-corrected chi connectivity index (χ4v) is 4.50. The van der Waals surface area contributed by atoms with Crippen molar-refractivity contribution in [3.05, 3.63) is 46.0 Å². The molecule has 0 aliphatic carbocycles. The number of likely N-dealkylation sites (tertiary alicyclic amines) is 1. The van der Waals surface area contributed by atoms with Gasteiger partial charge in [-0.3, -0.25) is 19.1 Å². The number of benzene rings is 1. The predicted octanol–water partition coefficient (Wildman–Crippen LogP) is 2.13. The molecule has 0 spiro atoms. The van der Waals surface area contributed by atoms with Crippen LogP contribution in [0.2, 0.25) is 5.02 Å². The van der Waals surface area contributed by atoms with Crippen molar-refractivity contribution in [2.75, 3.05) is 32.0 Å². The average Bonchev–Trinajstić information content (AvgIpc) is 3.09. The van der Waals surface area contributed by atoms with Gasteiger partial charge < -0.3 is 15.1 Å². The number of hydroxylamine groups is 2. The maximum atomic E-state index is 13.4. The molecule has 4 amide bonds. The van der Waals surface area contributed by atoms with Crippen molar-refractivity contribution in [2.45, 2.75) is 31.5 Å².